The highest BCUT2D eigenvalue weighted by atomic mass is 32.1. The summed E-state index contributed by atoms with van der Waals surface area (Å²) in [5, 5.41) is 4.18. The molecule has 110 valence electrons. The van der Waals surface area contributed by atoms with Crippen LogP contribution in [0.25, 0.3) is 0 Å². The highest BCUT2D eigenvalue weighted by Gasteiger charge is 2.31. The van der Waals surface area contributed by atoms with Crippen molar-refractivity contribution in [1.29, 1.82) is 0 Å². The molecule has 0 radical (unpaired) electrons. The molecule has 1 heterocycles. The second-order valence-corrected chi connectivity index (χ2v) is 6.45. The van der Waals surface area contributed by atoms with Gasteiger partial charge >= 0.3 is 0 Å². The third-order valence-electron chi connectivity index (χ3n) is 3.89. The van der Waals surface area contributed by atoms with Crippen molar-refractivity contribution in [3.8, 4) is 0 Å². The molecule has 0 unspecified atom stereocenters. The highest BCUT2D eigenvalue weighted by molar-refractivity contribution is 7.07. The van der Waals surface area contributed by atoms with Crippen molar-refractivity contribution in [2.24, 2.45) is 0 Å². The van der Waals surface area contributed by atoms with Gasteiger partial charge in [0.25, 0.3) is 0 Å². The quantitative estimate of drug-likeness (QED) is 0.754. The number of aryl methyl sites for hydroxylation is 1. The minimum Gasteiger partial charge on any atom is -0.364 e. The minimum atomic E-state index is -0.310. The van der Waals surface area contributed by atoms with Crippen LogP contribution in [-0.2, 0) is 6.54 Å². The molecule has 0 N–H and O–H groups in total. The number of hydrogen-bond donors (Lipinski definition) is 0. The van der Waals surface area contributed by atoms with Crippen LogP contribution in [0, 0.1) is 12.7 Å². The van der Waals surface area contributed by atoms with Crippen molar-refractivity contribution in [3.63, 3.8) is 0 Å². The Balaban J connectivity index is 2.02. The number of carbonyl (C=O) groups is 1. The van der Waals surface area contributed by atoms with E-state index in [9.17, 15) is 9.18 Å². The van der Waals surface area contributed by atoms with Gasteiger partial charge in [-0.05, 0) is 66.8 Å². The van der Waals surface area contributed by atoms with Gasteiger partial charge in [0.2, 0.25) is 0 Å². The lowest BCUT2D eigenvalue weighted by atomic mass is 10.0. The summed E-state index contributed by atoms with van der Waals surface area (Å²) in [4.78, 5) is 14.1. The Morgan fingerprint density at radius 1 is 1.43 bits per heavy atom. The van der Waals surface area contributed by atoms with E-state index in [1.165, 1.54) is 18.6 Å². The molecule has 0 atom stereocenters. The molecular formula is C17H18FNOS. The number of halogens is 1. The van der Waals surface area contributed by atoms with Gasteiger partial charge in [-0.3, -0.25) is 4.79 Å². The molecule has 2 nitrogen and oxygen atoms in total. The van der Waals surface area contributed by atoms with Crippen molar-refractivity contribution in [2.75, 3.05) is 4.90 Å². The maximum atomic E-state index is 13.8. The summed E-state index contributed by atoms with van der Waals surface area (Å²) in [6, 6.07) is 5.77. The van der Waals surface area contributed by atoms with Crippen LogP contribution in [-0.4, -0.2) is 11.8 Å². The number of anilines is 1. The molecule has 4 heteroatoms. The van der Waals surface area contributed by atoms with Crippen LogP contribution >= 0.6 is 11.3 Å². The van der Waals surface area contributed by atoms with Crippen molar-refractivity contribution >= 4 is 22.8 Å². The third-order valence-corrected chi connectivity index (χ3v) is 4.62. The second kappa shape index (κ2) is 5.60. The Morgan fingerprint density at radius 3 is 2.76 bits per heavy atom. The second-order valence-electron chi connectivity index (χ2n) is 5.67. The lowest BCUT2D eigenvalue weighted by Gasteiger charge is -2.27. The van der Waals surface area contributed by atoms with Crippen molar-refractivity contribution < 1.29 is 9.18 Å². The molecular weight excluding hydrogens is 285 g/mol. The number of ketones is 1. The molecule has 0 aliphatic heterocycles. The molecule has 21 heavy (non-hydrogen) atoms. The van der Waals surface area contributed by atoms with E-state index >= 15 is 0 Å². The van der Waals surface area contributed by atoms with Crippen LogP contribution in [0.3, 0.4) is 0 Å². The lowest BCUT2D eigenvalue weighted by molar-refractivity contribution is 0.101. The van der Waals surface area contributed by atoms with Gasteiger partial charge in [-0.15, -0.1) is 0 Å². The normalized spacial score (nSPS) is 14.2. The van der Waals surface area contributed by atoms with E-state index in [-0.39, 0.29) is 11.6 Å². The highest BCUT2D eigenvalue weighted by Crippen LogP contribution is 2.36. The van der Waals surface area contributed by atoms with Gasteiger partial charge in [-0.1, -0.05) is 0 Å². The molecule has 1 saturated carbocycles. The smallest absolute Gasteiger partial charge is 0.161 e. The Labute approximate surface area is 128 Å². The van der Waals surface area contributed by atoms with Crippen LogP contribution in [0.2, 0.25) is 0 Å². The van der Waals surface area contributed by atoms with Gasteiger partial charge in [0.15, 0.2) is 5.78 Å². The van der Waals surface area contributed by atoms with Gasteiger partial charge < -0.3 is 4.90 Å². The van der Waals surface area contributed by atoms with Crippen LogP contribution in [0.1, 0.15) is 41.3 Å². The molecule has 3 rings (SSSR count). The van der Waals surface area contributed by atoms with E-state index in [1.54, 1.807) is 18.3 Å². The van der Waals surface area contributed by atoms with E-state index in [0.717, 1.165) is 25.1 Å². The summed E-state index contributed by atoms with van der Waals surface area (Å²) >= 11 is 1.67. The third kappa shape index (κ3) is 3.00. The lowest BCUT2D eigenvalue weighted by Crippen LogP contribution is -2.26. The first-order valence-electron chi connectivity index (χ1n) is 7.15. The first-order valence-corrected chi connectivity index (χ1v) is 8.09. The molecule has 1 aromatic carbocycles. The number of rotatable bonds is 5. The maximum Gasteiger partial charge on any atom is 0.161 e. The van der Waals surface area contributed by atoms with E-state index < -0.39 is 0 Å². The van der Waals surface area contributed by atoms with Crippen LogP contribution in [0.4, 0.5) is 10.1 Å². The zero-order valence-corrected chi connectivity index (χ0v) is 13.0. The predicted molar refractivity (Wildman–Crippen MR) is 84.7 cm³/mol. The number of benzene rings is 1. The summed E-state index contributed by atoms with van der Waals surface area (Å²) in [5.74, 6) is -0.393. The largest absolute Gasteiger partial charge is 0.364 e. The molecule has 1 aromatic heterocycles. The average Bonchev–Trinajstić information content (AvgIpc) is 3.15. The molecule has 0 amide bonds. The molecule has 1 aliphatic rings. The van der Waals surface area contributed by atoms with E-state index in [1.807, 2.05) is 6.07 Å². The Kier molecular flexibility index (Phi) is 3.81. The van der Waals surface area contributed by atoms with E-state index in [0.29, 0.717) is 17.2 Å². The van der Waals surface area contributed by atoms with Crippen LogP contribution in [0.15, 0.2) is 29.0 Å². The zero-order chi connectivity index (χ0) is 15.0. The Bertz CT molecular complexity index is 662. The fourth-order valence-electron chi connectivity index (χ4n) is 2.56. The fourth-order valence-corrected chi connectivity index (χ4v) is 3.22. The standard InChI is InChI=1S/C17H18FNOS/c1-11-7-17(15(12(2)20)8-16(11)18)19(14-3-4-14)9-13-5-6-21-10-13/h5-8,10,14H,3-4,9H2,1-2H3. The van der Waals surface area contributed by atoms with Crippen LogP contribution in [0.5, 0.6) is 0 Å². The van der Waals surface area contributed by atoms with Crippen LogP contribution < -0.4 is 4.90 Å². The van der Waals surface area contributed by atoms with E-state index in [2.05, 4.69) is 21.7 Å². The SMILES string of the molecule is CC(=O)c1cc(F)c(C)cc1N(Cc1ccsc1)C1CC1. The van der Waals surface area contributed by atoms with Crippen molar-refractivity contribution in [2.45, 2.75) is 39.3 Å². The van der Waals surface area contributed by atoms with Gasteiger partial charge in [0, 0.05) is 23.8 Å². The minimum absolute atomic E-state index is 0.0835. The van der Waals surface area contributed by atoms with Gasteiger partial charge in [0.1, 0.15) is 5.82 Å². The van der Waals surface area contributed by atoms with Gasteiger partial charge in [0.05, 0.1) is 0 Å². The predicted octanol–water partition coefficient (Wildman–Crippen LogP) is 4.57. The monoisotopic (exact) mass is 303 g/mol. The molecule has 0 saturated heterocycles. The number of carbonyl (C=O) groups excluding carboxylic acids is 1. The van der Waals surface area contributed by atoms with E-state index in [4.69, 9.17) is 0 Å². The average molecular weight is 303 g/mol. The molecule has 2 aromatic rings. The Hall–Kier alpha value is -1.68. The molecule has 1 fully saturated rings. The first-order chi connectivity index (χ1) is 10.1. The number of hydrogen-bond acceptors (Lipinski definition) is 3. The molecule has 1 aliphatic carbocycles. The topological polar surface area (TPSA) is 20.3 Å². The zero-order valence-electron chi connectivity index (χ0n) is 12.2. The number of Topliss-reactive ketones (excluding diaryl/α,β-unsaturated/α-hetero) is 1. The summed E-state index contributed by atoms with van der Waals surface area (Å²) < 4.78 is 13.8. The first kappa shape index (κ1) is 14.3. The number of nitrogens with zero attached hydrogens (tertiary/aromatic N) is 1. The summed E-state index contributed by atoms with van der Waals surface area (Å²) in [5.41, 5.74) is 3.18. The van der Waals surface area contributed by atoms with Gasteiger partial charge in [-0.25, -0.2) is 4.39 Å². The molecule has 0 spiro atoms. The Morgan fingerprint density at radius 2 is 2.19 bits per heavy atom. The van der Waals surface area contributed by atoms with Gasteiger partial charge in [-0.2, -0.15) is 11.3 Å². The summed E-state index contributed by atoms with van der Waals surface area (Å²) in [7, 11) is 0. The summed E-state index contributed by atoms with van der Waals surface area (Å²) in [6.45, 7) is 4.03. The maximum absolute atomic E-state index is 13.8. The summed E-state index contributed by atoms with van der Waals surface area (Å²) in [6.07, 6.45) is 2.27. The number of thiophene rings is 1. The van der Waals surface area contributed by atoms with Crippen molar-refractivity contribution in [1.82, 2.24) is 0 Å². The molecule has 0 bridgehead atoms. The fraction of sp³-hybridized carbons (Fsp3) is 0.353. The van der Waals surface area contributed by atoms with Crippen molar-refractivity contribution in [3.05, 3.63) is 51.5 Å².